The van der Waals surface area contributed by atoms with Crippen LogP contribution in [-0.4, -0.2) is 15.9 Å². The van der Waals surface area contributed by atoms with Crippen LogP contribution in [0.5, 0.6) is 5.75 Å². The maximum Gasteiger partial charge on any atom is 0.282 e. The minimum Gasteiger partial charge on any atom is -0.487 e. The molecule has 0 unspecified atom stereocenters. The Morgan fingerprint density at radius 2 is 1.76 bits per heavy atom. The van der Waals surface area contributed by atoms with Gasteiger partial charge in [-0.15, -0.1) is 0 Å². The molecule has 0 spiro atoms. The van der Waals surface area contributed by atoms with Crippen molar-refractivity contribution < 1.29 is 4.74 Å². The van der Waals surface area contributed by atoms with Crippen LogP contribution in [0.3, 0.4) is 0 Å². The first-order valence-corrected chi connectivity index (χ1v) is 13.9. The molecule has 0 N–H and O–H groups in total. The van der Waals surface area contributed by atoms with E-state index in [9.17, 15) is 4.79 Å². The molecule has 0 radical (unpaired) electrons. The Labute approximate surface area is 242 Å². The summed E-state index contributed by atoms with van der Waals surface area (Å²) in [5.41, 5.74) is 1.63. The zero-order chi connectivity index (χ0) is 27.0. The van der Waals surface area contributed by atoms with Gasteiger partial charge in [-0.2, -0.15) is 9.78 Å². The average molecular weight is 654 g/mol. The molecule has 0 saturated heterocycles. The van der Waals surface area contributed by atoms with Crippen LogP contribution in [0.4, 0.5) is 0 Å². The Hall–Kier alpha value is -3.00. The Balaban J connectivity index is 1.58. The van der Waals surface area contributed by atoms with Gasteiger partial charge in [-0.1, -0.05) is 90.8 Å². The molecule has 5 nitrogen and oxygen atoms in total. The zero-order valence-corrected chi connectivity index (χ0v) is 24.9. The lowest BCUT2D eigenvalue weighted by molar-refractivity contribution is 0.305. The van der Waals surface area contributed by atoms with Crippen molar-refractivity contribution in [2.75, 3.05) is 0 Å². The molecule has 192 valence electrons. The molecule has 8 heteroatoms. The third-order valence-corrected chi connectivity index (χ3v) is 7.38. The Kier molecular flexibility index (Phi) is 7.45. The molecule has 5 aromatic rings. The minimum absolute atomic E-state index is 0.253. The molecule has 0 saturated carbocycles. The van der Waals surface area contributed by atoms with Gasteiger partial charge in [-0.3, -0.25) is 4.79 Å². The molecule has 0 amide bonds. The number of benzene rings is 4. The van der Waals surface area contributed by atoms with Crippen molar-refractivity contribution in [1.29, 1.82) is 0 Å². The van der Waals surface area contributed by atoms with E-state index in [0.717, 1.165) is 20.8 Å². The first-order chi connectivity index (χ1) is 18.1. The first-order valence-electron chi connectivity index (χ1n) is 12.0. The average Bonchev–Trinajstić information content (AvgIpc) is 2.87. The highest BCUT2D eigenvalue weighted by Crippen LogP contribution is 2.33. The number of nitrogens with zero attached hydrogens (tertiary/aromatic N) is 3. The number of halogens is 3. The Morgan fingerprint density at radius 3 is 2.55 bits per heavy atom. The highest BCUT2D eigenvalue weighted by Gasteiger charge is 2.23. The SMILES string of the molecule is CC(C)(C)c1nc2ccc(Br)cc2c(=O)n1N=Cc1cc(Cl)cc(Br)c1OCc1cccc2ccccc12. The summed E-state index contributed by atoms with van der Waals surface area (Å²) in [4.78, 5) is 18.3. The molecule has 0 atom stereocenters. The molecule has 0 fully saturated rings. The number of hydrogen-bond acceptors (Lipinski definition) is 4. The lowest BCUT2D eigenvalue weighted by Gasteiger charge is -2.21. The van der Waals surface area contributed by atoms with Crippen LogP contribution >= 0.6 is 43.5 Å². The number of rotatable bonds is 5. The monoisotopic (exact) mass is 651 g/mol. The van der Waals surface area contributed by atoms with Crippen molar-refractivity contribution in [3.05, 3.63) is 114 Å². The number of aromatic nitrogens is 2. The van der Waals surface area contributed by atoms with E-state index in [2.05, 4.69) is 55.2 Å². The summed E-state index contributed by atoms with van der Waals surface area (Å²) in [5.74, 6) is 1.13. The smallest absolute Gasteiger partial charge is 0.282 e. The standard InChI is InChI=1S/C30H24Br2ClN3O2/c1-30(2,3)29-35-26-12-11-21(31)14-24(26)28(37)36(29)34-16-20-13-22(33)15-25(32)27(20)38-17-19-9-6-8-18-7-4-5-10-23(18)19/h4-16H,17H2,1-3H3. The van der Waals surface area contributed by atoms with Gasteiger partial charge in [-0.25, -0.2) is 4.98 Å². The van der Waals surface area contributed by atoms with Crippen LogP contribution in [0, 0.1) is 0 Å². The maximum atomic E-state index is 13.5. The van der Waals surface area contributed by atoms with E-state index in [0.29, 0.717) is 44.1 Å². The number of hydrogen-bond donors (Lipinski definition) is 0. The predicted molar refractivity (Wildman–Crippen MR) is 163 cm³/mol. The molecule has 0 bridgehead atoms. The van der Waals surface area contributed by atoms with Gasteiger partial charge in [0.05, 0.1) is 21.6 Å². The summed E-state index contributed by atoms with van der Waals surface area (Å²) in [6.45, 7) is 6.35. The van der Waals surface area contributed by atoms with E-state index in [1.807, 2.05) is 57.2 Å². The van der Waals surface area contributed by atoms with E-state index in [1.54, 1.807) is 24.4 Å². The highest BCUT2D eigenvalue weighted by molar-refractivity contribution is 9.10. The second kappa shape index (κ2) is 10.6. The summed E-state index contributed by atoms with van der Waals surface area (Å²) in [7, 11) is 0. The third-order valence-electron chi connectivity index (χ3n) is 6.08. The fourth-order valence-corrected chi connectivity index (χ4v) is 5.57. The Morgan fingerprint density at radius 1 is 1.00 bits per heavy atom. The molecule has 4 aromatic carbocycles. The maximum absolute atomic E-state index is 13.5. The van der Waals surface area contributed by atoms with E-state index < -0.39 is 5.41 Å². The highest BCUT2D eigenvalue weighted by atomic mass is 79.9. The normalized spacial score (nSPS) is 12.1. The van der Waals surface area contributed by atoms with Crippen LogP contribution in [0.15, 0.2) is 91.6 Å². The molecule has 0 aliphatic heterocycles. The van der Waals surface area contributed by atoms with Crippen molar-refractivity contribution in [3.63, 3.8) is 0 Å². The van der Waals surface area contributed by atoms with E-state index in [1.165, 1.54) is 4.68 Å². The Bertz CT molecular complexity index is 1770. The second-order valence-corrected chi connectivity index (χ2v) is 12.1. The van der Waals surface area contributed by atoms with Crippen LogP contribution < -0.4 is 10.3 Å². The van der Waals surface area contributed by atoms with Gasteiger partial charge in [0.1, 0.15) is 18.2 Å². The van der Waals surface area contributed by atoms with E-state index in [-0.39, 0.29) is 5.56 Å². The number of ether oxygens (including phenoxy) is 1. The van der Waals surface area contributed by atoms with Gasteiger partial charge in [-0.05, 0) is 62.6 Å². The van der Waals surface area contributed by atoms with Crippen molar-refractivity contribution in [3.8, 4) is 5.75 Å². The molecule has 1 heterocycles. The largest absolute Gasteiger partial charge is 0.487 e. The third kappa shape index (κ3) is 5.41. The summed E-state index contributed by atoms with van der Waals surface area (Å²) in [6, 6.07) is 23.4. The van der Waals surface area contributed by atoms with Gasteiger partial charge in [0, 0.05) is 20.5 Å². The fourth-order valence-electron chi connectivity index (χ4n) is 4.26. The van der Waals surface area contributed by atoms with Gasteiger partial charge < -0.3 is 4.74 Å². The lowest BCUT2D eigenvalue weighted by atomic mass is 9.95. The minimum atomic E-state index is -0.430. The van der Waals surface area contributed by atoms with Crippen LogP contribution in [0.2, 0.25) is 5.02 Å². The summed E-state index contributed by atoms with van der Waals surface area (Å²) in [5, 5.41) is 7.88. The number of fused-ring (bicyclic) bond motifs is 2. The van der Waals surface area contributed by atoms with Gasteiger partial charge in [0.25, 0.3) is 5.56 Å². The lowest BCUT2D eigenvalue weighted by Crippen LogP contribution is -2.29. The molecular weight excluding hydrogens is 630 g/mol. The topological polar surface area (TPSA) is 56.5 Å². The quantitative estimate of drug-likeness (QED) is 0.179. The van der Waals surface area contributed by atoms with Crippen LogP contribution in [0.25, 0.3) is 21.7 Å². The summed E-state index contributed by atoms with van der Waals surface area (Å²) < 4.78 is 9.16. The van der Waals surface area contributed by atoms with Gasteiger partial charge in [0.2, 0.25) is 0 Å². The molecule has 38 heavy (non-hydrogen) atoms. The van der Waals surface area contributed by atoms with Crippen molar-refractivity contribution in [2.24, 2.45) is 5.10 Å². The zero-order valence-electron chi connectivity index (χ0n) is 21.0. The van der Waals surface area contributed by atoms with Crippen molar-refractivity contribution in [2.45, 2.75) is 32.8 Å². The van der Waals surface area contributed by atoms with E-state index >= 15 is 0 Å². The summed E-state index contributed by atoms with van der Waals surface area (Å²) in [6.07, 6.45) is 1.59. The van der Waals surface area contributed by atoms with Gasteiger partial charge >= 0.3 is 0 Å². The molecule has 5 rings (SSSR count). The molecular formula is C30H24Br2ClN3O2. The van der Waals surface area contributed by atoms with Crippen LogP contribution in [0.1, 0.15) is 37.7 Å². The fraction of sp³-hybridized carbons (Fsp3) is 0.167. The van der Waals surface area contributed by atoms with Gasteiger partial charge in [0.15, 0.2) is 0 Å². The molecule has 1 aromatic heterocycles. The van der Waals surface area contributed by atoms with Crippen molar-refractivity contribution in [1.82, 2.24) is 9.66 Å². The van der Waals surface area contributed by atoms with Crippen LogP contribution in [-0.2, 0) is 12.0 Å². The second-order valence-electron chi connectivity index (χ2n) is 9.94. The first kappa shape index (κ1) is 26.6. The van der Waals surface area contributed by atoms with Crippen molar-refractivity contribution >= 4 is 71.4 Å². The predicted octanol–water partition coefficient (Wildman–Crippen LogP) is 8.49. The molecule has 0 aliphatic rings. The molecule has 0 aliphatic carbocycles. The summed E-state index contributed by atoms with van der Waals surface area (Å²) >= 11 is 13.4. The van der Waals surface area contributed by atoms with E-state index in [4.69, 9.17) is 21.3 Å².